The molecule has 96 valence electrons. The number of benzene rings is 1. The van der Waals surface area contributed by atoms with Gasteiger partial charge in [-0.15, -0.1) is 0 Å². The highest BCUT2D eigenvalue weighted by Crippen LogP contribution is 2.20. The summed E-state index contributed by atoms with van der Waals surface area (Å²) in [6.45, 7) is 0.227. The van der Waals surface area contributed by atoms with Gasteiger partial charge in [0, 0.05) is 11.1 Å². The summed E-state index contributed by atoms with van der Waals surface area (Å²) in [6, 6.07) is 6.91. The Morgan fingerprint density at radius 2 is 1.94 bits per heavy atom. The number of rotatable bonds is 6. The SMILES string of the molecule is CCC(NCC(F)(F)CO)c1ccc(Cl)cc1. The molecule has 0 saturated carbocycles. The monoisotopic (exact) mass is 263 g/mol. The van der Waals surface area contributed by atoms with Crippen LogP contribution in [0.5, 0.6) is 0 Å². The lowest BCUT2D eigenvalue weighted by Crippen LogP contribution is -2.37. The smallest absolute Gasteiger partial charge is 0.282 e. The Hall–Kier alpha value is -0.710. The van der Waals surface area contributed by atoms with Gasteiger partial charge in [0.25, 0.3) is 5.92 Å². The van der Waals surface area contributed by atoms with Crippen molar-refractivity contribution in [2.75, 3.05) is 13.2 Å². The molecule has 0 aliphatic carbocycles. The number of hydrogen-bond acceptors (Lipinski definition) is 2. The van der Waals surface area contributed by atoms with Crippen molar-refractivity contribution >= 4 is 11.6 Å². The third-order valence-electron chi connectivity index (χ3n) is 2.52. The Morgan fingerprint density at radius 1 is 1.35 bits per heavy atom. The highest BCUT2D eigenvalue weighted by atomic mass is 35.5. The molecule has 0 amide bonds. The lowest BCUT2D eigenvalue weighted by atomic mass is 10.0. The molecule has 1 aromatic carbocycles. The van der Waals surface area contributed by atoms with E-state index in [4.69, 9.17) is 16.7 Å². The molecule has 17 heavy (non-hydrogen) atoms. The van der Waals surface area contributed by atoms with E-state index < -0.39 is 19.1 Å². The molecule has 1 rings (SSSR count). The summed E-state index contributed by atoms with van der Waals surface area (Å²) in [6.07, 6.45) is 0.684. The van der Waals surface area contributed by atoms with E-state index in [0.29, 0.717) is 11.4 Å². The molecule has 1 atom stereocenters. The molecule has 0 fully saturated rings. The van der Waals surface area contributed by atoms with Crippen molar-refractivity contribution in [2.45, 2.75) is 25.3 Å². The van der Waals surface area contributed by atoms with Crippen LogP contribution in [0.4, 0.5) is 8.78 Å². The van der Waals surface area contributed by atoms with Crippen LogP contribution in [0.25, 0.3) is 0 Å². The molecule has 2 nitrogen and oxygen atoms in total. The molecular weight excluding hydrogens is 248 g/mol. The van der Waals surface area contributed by atoms with Crippen LogP contribution < -0.4 is 5.32 Å². The highest BCUT2D eigenvalue weighted by molar-refractivity contribution is 6.30. The van der Waals surface area contributed by atoms with E-state index in [0.717, 1.165) is 5.56 Å². The topological polar surface area (TPSA) is 32.3 Å². The maximum absolute atomic E-state index is 12.9. The summed E-state index contributed by atoms with van der Waals surface area (Å²) in [7, 11) is 0. The van der Waals surface area contributed by atoms with Crippen LogP contribution in [0.15, 0.2) is 24.3 Å². The van der Waals surface area contributed by atoms with Crippen molar-refractivity contribution in [3.05, 3.63) is 34.9 Å². The number of aliphatic hydroxyl groups excluding tert-OH is 1. The van der Waals surface area contributed by atoms with E-state index in [1.807, 2.05) is 6.92 Å². The van der Waals surface area contributed by atoms with Gasteiger partial charge < -0.3 is 10.4 Å². The zero-order valence-electron chi connectivity index (χ0n) is 9.59. The van der Waals surface area contributed by atoms with Crippen LogP contribution in [-0.4, -0.2) is 24.2 Å². The van der Waals surface area contributed by atoms with Gasteiger partial charge in [-0.25, -0.2) is 8.78 Å². The molecule has 0 radical (unpaired) electrons. The molecule has 0 aliphatic rings. The van der Waals surface area contributed by atoms with Crippen LogP contribution in [-0.2, 0) is 0 Å². The summed E-state index contributed by atoms with van der Waals surface area (Å²) in [5.74, 6) is -3.08. The summed E-state index contributed by atoms with van der Waals surface area (Å²) in [5, 5.41) is 11.8. The number of aliphatic hydroxyl groups is 1. The second-order valence-corrected chi connectivity index (χ2v) is 4.34. The third kappa shape index (κ3) is 4.58. The van der Waals surface area contributed by atoms with Gasteiger partial charge in [0.1, 0.15) is 6.61 Å². The fourth-order valence-corrected chi connectivity index (χ4v) is 1.65. The van der Waals surface area contributed by atoms with Crippen LogP contribution in [0, 0.1) is 0 Å². The Balaban J connectivity index is 2.63. The predicted molar refractivity (Wildman–Crippen MR) is 64.5 cm³/mol. The van der Waals surface area contributed by atoms with Gasteiger partial charge in [-0.3, -0.25) is 0 Å². The van der Waals surface area contributed by atoms with Gasteiger partial charge in [0.15, 0.2) is 0 Å². The normalized spacial score (nSPS) is 13.7. The fourth-order valence-electron chi connectivity index (χ4n) is 1.52. The Bertz CT molecular complexity index is 343. The minimum absolute atomic E-state index is 0.162. The van der Waals surface area contributed by atoms with Crippen LogP contribution in [0.2, 0.25) is 5.02 Å². The van der Waals surface area contributed by atoms with Crippen LogP contribution >= 0.6 is 11.6 Å². The number of nitrogens with one attached hydrogen (secondary N) is 1. The largest absolute Gasteiger partial charge is 0.390 e. The standard InChI is InChI=1S/C12H16ClF2NO/c1-2-11(16-7-12(14,15)8-17)9-3-5-10(13)6-4-9/h3-6,11,16-17H,2,7-8H2,1H3. The van der Waals surface area contributed by atoms with Gasteiger partial charge in [-0.2, -0.15) is 0 Å². The maximum Gasteiger partial charge on any atom is 0.282 e. The van der Waals surface area contributed by atoms with Crippen molar-refractivity contribution < 1.29 is 13.9 Å². The first kappa shape index (κ1) is 14.4. The molecule has 2 N–H and O–H groups in total. The van der Waals surface area contributed by atoms with Gasteiger partial charge in [-0.05, 0) is 24.1 Å². The second-order valence-electron chi connectivity index (χ2n) is 3.91. The molecule has 0 aliphatic heterocycles. The van der Waals surface area contributed by atoms with E-state index in [1.54, 1.807) is 24.3 Å². The number of alkyl halides is 2. The lowest BCUT2D eigenvalue weighted by Gasteiger charge is -2.21. The molecule has 0 saturated heterocycles. The predicted octanol–water partition coefficient (Wildman–Crippen LogP) is 3.01. The third-order valence-corrected chi connectivity index (χ3v) is 2.77. The van der Waals surface area contributed by atoms with Crippen molar-refractivity contribution in [1.29, 1.82) is 0 Å². The first-order chi connectivity index (χ1) is 7.98. The molecule has 1 aromatic rings. The number of hydrogen-bond donors (Lipinski definition) is 2. The Labute approximate surface area is 105 Å². The molecule has 0 spiro atoms. The van der Waals surface area contributed by atoms with Gasteiger partial charge in [0.2, 0.25) is 0 Å². The highest BCUT2D eigenvalue weighted by Gasteiger charge is 2.28. The summed E-state index contributed by atoms with van der Waals surface area (Å²) < 4.78 is 25.8. The average Bonchev–Trinajstić information content (AvgIpc) is 2.32. The molecule has 0 bridgehead atoms. The van der Waals surface area contributed by atoms with Gasteiger partial charge in [-0.1, -0.05) is 30.7 Å². The fraction of sp³-hybridized carbons (Fsp3) is 0.500. The van der Waals surface area contributed by atoms with E-state index in [-0.39, 0.29) is 6.04 Å². The lowest BCUT2D eigenvalue weighted by molar-refractivity contribution is -0.0494. The van der Waals surface area contributed by atoms with E-state index in [2.05, 4.69) is 5.32 Å². The van der Waals surface area contributed by atoms with Crippen molar-refractivity contribution in [3.8, 4) is 0 Å². The zero-order valence-corrected chi connectivity index (χ0v) is 10.3. The molecule has 0 aromatic heterocycles. The molecule has 0 heterocycles. The van der Waals surface area contributed by atoms with Gasteiger partial charge in [0.05, 0.1) is 6.54 Å². The first-order valence-corrected chi connectivity index (χ1v) is 5.84. The molecular formula is C12H16ClF2NO. The second kappa shape index (κ2) is 6.28. The van der Waals surface area contributed by atoms with Crippen molar-refractivity contribution in [3.63, 3.8) is 0 Å². The van der Waals surface area contributed by atoms with E-state index in [1.165, 1.54) is 0 Å². The summed E-state index contributed by atoms with van der Waals surface area (Å²) in [5.41, 5.74) is 0.908. The van der Waals surface area contributed by atoms with E-state index in [9.17, 15) is 8.78 Å². The Kier molecular flexibility index (Phi) is 5.31. The van der Waals surface area contributed by atoms with Crippen molar-refractivity contribution in [1.82, 2.24) is 5.32 Å². The quantitative estimate of drug-likeness (QED) is 0.827. The van der Waals surface area contributed by atoms with Crippen LogP contribution in [0.3, 0.4) is 0 Å². The first-order valence-electron chi connectivity index (χ1n) is 5.46. The Morgan fingerprint density at radius 3 is 2.41 bits per heavy atom. The summed E-state index contributed by atoms with van der Waals surface area (Å²) >= 11 is 5.76. The minimum Gasteiger partial charge on any atom is -0.390 e. The minimum atomic E-state index is -3.08. The number of halogens is 3. The molecule has 5 heteroatoms. The average molecular weight is 264 g/mol. The van der Waals surface area contributed by atoms with Gasteiger partial charge >= 0.3 is 0 Å². The van der Waals surface area contributed by atoms with Crippen molar-refractivity contribution in [2.24, 2.45) is 0 Å². The zero-order chi connectivity index (χ0) is 12.9. The van der Waals surface area contributed by atoms with Crippen LogP contribution in [0.1, 0.15) is 24.9 Å². The van der Waals surface area contributed by atoms with E-state index >= 15 is 0 Å². The molecule has 1 unspecified atom stereocenters. The summed E-state index contributed by atoms with van der Waals surface area (Å²) in [4.78, 5) is 0. The maximum atomic E-state index is 12.9.